The fourth-order valence-corrected chi connectivity index (χ4v) is 3.73. The lowest BCUT2D eigenvalue weighted by Gasteiger charge is -2.38. The summed E-state index contributed by atoms with van der Waals surface area (Å²) in [5.41, 5.74) is 2.42. The number of aliphatic imine (C=N–C) groups is 1. The van der Waals surface area contributed by atoms with Gasteiger partial charge in [0.1, 0.15) is 5.75 Å². The van der Waals surface area contributed by atoms with Crippen LogP contribution in [0.3, 0.4) is 0 Å². The summed E-state index contributed by atoms with van der Waals surface area (Å²) < 4.78 is 0. The first-order valence-electron chi connectivity index (χ1n) is 10.1. The lowest BCUT2D eigenvalue weighted by atomic mass is 9.66. The largest absolute Gasteiger partial charge is 0.508 e. The summed E-state index contributed by atoms with van der Waals surface area (Å²) in [5, 5.41) is 10.0. The Balaban J connectivity index is 2.17. The second-order valence-corrected chi connectivity index (χ2v) is 7.36. The van der Waals surface area contributed by atoms with E-state index in [4.69, 9.17) is 4.99 Å². The first kappa shape index (κ1) is 21.0. The van der Waals surface area contributed by atoms with Gasteiger partial charge in [-0.1, -0.05) is 75.2 Å². The summed E-state index contributed by atoms with van der Waals surface area (Å²) >= 11 is 0. The highest BCUT2D eigenvalue weighted by Gasteiger charge is 2.35. The monoisotopic (exact) mass is 363 g/mol. The number of allylic oxidation sites excluding steroid dienone is 1. The van der Waals surface area contributed by atoms with Crippen molar-refractivity contribution in [2.75, 3.05) is 6.54 Å². The van der Waals surface area contributed by atoms with Crippen LogP contribution in [0.25, 0.3) is 0 Å². The minimum absolute atomic E-state index is 0.0766. The molecule has 0 saturated carbocycles. The van der Waals surface area contributed by atoms with Crippen LogP contribution < -0.4 is 0 Å². The second kappa shape index (κ2) is 10.7. The molecule has 1 N–H and O–H groups in total. The molecule has 0 amide bonds. The number of rotatable bonds is 11. The van der Waals surface area contributed by atoms with Gasteiger partial charge in [0.05, 0.1) is 0 Å². The Morgan fingerprint density at radius 3 is 2.59 bits per heavy atom. The lowest BCUT2D eigenvalue weighted by molar-refractivity contribution is 0.313. The molecule has 0 saturated heterocycles. The number of unbranched alkanes of at least 4 members (excludes halogenated alkanes) is 1. The van der Waals surface area contributed by atoms with Crippen LogP contribution in [0.4, 0.5) is 0 Å². The summed E-state index contributed by atoms with van der Waals surface area (Å²) in [6.07, 6.45) is 9.30. The molecule has 2 nitrogen and oxygen atoms in total. The molecule has 0 aliphatic rings. The predicted molar refractivity (Wildman–Crippen MR) is 117 cm³/mol. The van der Waals surface area contributed by atoms with Crippen molar-refractivity contribution in [1.82, 2.24) is 0 Å². The van der Waals surface area contributed by atoms with Crippen LogP contribution in [-0.4, -0.2) is 17.9 Å². The molecular weight excluding hydrogens is 330 g/mol. The van der Waals surface area contributed by atoms with Gasteiger partial charge in [-0.2, -0.15) is 0 Å². The Morgan fingerprint density at radius 2 is 1.93 bits per heavy atom. The zero-order chi connectivity index (χ0) is 19.5. The molecule has 2 atom stereocenters. The van der Waals surface area contributed by atoms with Crippen molar-refractivity contribution < 1.29 is 5.11 Å². The van der Waals surface area contributed by atoms with Gasteiger partial charge >= 0.3 is 0 Å². The van der Waals surface area contributed by atoms with Crippen LogP contribution in [0.1, 0.15) is 50.7 Å². The Bertz CT molecular complexity index is 722. The third-order valence-corrected chi connectivity index (χ3v) is 5.58. The Morgan fingerprint density at radius 1 is 1.15 bits per heavy atom. The van der Waals surface area contributed by atoms with E-state index in [0.29, 0.717) is 11.7 Å². The van der Waals surface area contributed by atoms with Crippen molar-refractivity contribution >= 4 is 6.21 Å². The molecule has 1 unspecified atom stereocenters. The molecule has 0 fully saturated rings. The predicted octanol–water partition coefficient (Wildman–Crippen LogP) is 6.35. The normalized spacial score (nSPS) is 14.7. The van der Waals surface area contributed by atoms with Gasteiger partial charge in [-0.25, -0.2) is 0 Å². The van der Waals surface area contributed by atoms with Gasteiger partial charge < -0.3 is 5.11 Å². The molecule has 2 heteroatoms. The molecule has 2 rings (SSSR count). The molecule has 0 radical (unpaired) electrons. The van der Waals surface area contributed by atoms with Crippen LogP contribution in [-0.2, 0) is 11.8 Å². The lowest BCUT2D eigenvalue weighted by Crippen LogP contribution is -2.33. The topological polar surface area (TPSA) is 32.6 Å². The minimum atomic E-state index is -0.0766. The highest BCUT2D eigenvalue weighted by molar-refractivity contribution is 5.61. The standard InChI is InChI=1S/C25H33NO/c1-4-6-16-25(21(3)5-2,23-13-10-14-24(27)20-23)17-19-26-18-15-22-11-8-7-9-12-22/h5,7-14,19-21,27H,2,4,6,15-18H2,1,3H3/t21?,25-/m1/s1. The van der Waals surface area contributed by atoms with Crippen molar-refractivity contribution in [3.8, 4) is 5.75 Å². The number of phenols is 1. The van der Waals surface area contributed by atoms with E-state index in [1.54, 1.807) is 6.07 Å². The van der Waals surface area contributed by atoms with Gasteiger partial charge in [-0.05, 0) is 54.7 Å². The quantitative estimate of drug-likeness (QED) is 0.366. The van der Waals surface area contributed by atoms with Gasteiger partial charge in [-0.15, -0.1) is 6.58 Å². The summed E-state index contributed by atoms with van der Waals surface area (Å²) in [7, 11) is 0. The van der Waals surface area contributed by atoms with E-state index < -0.39 is 0 Å². The summed E-state index contributed by atoms with van der Waals surface area (Å²) in [4.78, 5) is 4.70. The van der Waals surface area contributed by atoms with E-state index in [0.717, 1.165) is 38.6 Å². The van der Waals surface area contributed by atoms with E-state index in [9.17, 15) is 5.11 Å². The number of benzene rings is 2. The maximum Gasteiger partial charge on any atom is 0.115 e. The number of phenolic OH excluding ortho intramolecular Hbond substituents is 1. The second-order valence-electron chi connectivity index (χ2n) is 7.36. The number of nitrogens with zero attached hydrogens (tertiary/aromatic N) is 1. The molecule has 0 aliphatic carbocycles. The average molecular weight is 364 g/mol. The molecule has 0 aliphatic heterocycles. The molecule has 2 aromatic rings. The van der Waals surface area contributed by atoms with E-state index in [1.807, 2.05) is 24.3 Å². The van der Waals surface area contributed by atoms with Crippen LogP contribution in [0.2, 0.25) is 0 Å². The van der Waals surface area contributed by atoms with Gasteiger partial charge in [0.25, 0.3) is 0 Å². The fraction of sp³-hybridized carbons (Fsp3) is 0.400. The Kier molecular flexibility index (Phi) is 8.32. The van der Waals surface area contributed by atoms with Crippen molar-refractivity contribution in [2.24, 2.45) is 10.9 Å². The molecule has 0 bridgehead atoms. The third kappa shape index (κ3) is 5.82. The van der Waals surface area contributed by atoms with Crippen LogP contribution in [0, 0.1) is 5.92 Å². The minimum Gasteiger partial charge on any atom is -0.508 e. The highest BCUT2D eigenvalue weighted by Crippen LogP contribution is 2.41. The van der Waals surface area contributed by atoms with E-state index in [2.05, 4.69) is 57.0 Å². The van der Waals surface area contributed by atoms with Gasteiger partial charge in [0.2, 0.25) is 0 Å². The number of hydrogen-bond donors (Lipinski definition) is 1. The van der Waals surface area contributed by atoms with Crippen molar-refractivity contribution in [3.05, 3.63) is 78.4 Å². The van der Waals surface area contributed by atoms with Crippen molar-refractivity contribution in [1.29, 1.82) is 0 Å². The first-order chi connectivity index (χ1) is 13.1. The Labute approximate surface area is 164 Å². The Hall–Kier alpha value is -2.35. The molecular formula is C25H33NO. The third-order valence-electron chi connectivity index (χ3n) is 5.58. The van der Waals surface area contributed by atoms with Crippen LogP contribution in [0.15, 0.2) is 72.2 Å². The van der Waals surface area contributed by atoms with Crippen LogP contribution >= 0.6 is 0 Å². The van der Waals surface area contributed by atoms with Crippen molar-refractivity contribution in [3.63, 3.8) is 0 Å². The maximum absolute atomic E-state index is 10.0. The van der Waals surface area contributed by atoms with Crippen LogP contribution in [0.5, 0.6) is 5.75 Å². The molecule has 0 heterocycles. The van der Waals surface area contributed by atoms with Gasteiger partial charge in [-0.3, -0.25) is 4.99 Å². The molecule has 144 valence electrons. The molecule has 2 aromatic carbocycles. The van der Waals surface area contributed by atoms with E-state index in [1.165, 1.54) is 11.1 Å². The van der Waals surface area contributed by atoms with E-state index in [-0.39, 0.29) is 5.41 Å². The zero-order valence-corrected chi connectivity index (χ0v) is 16.8. The maximum atomic E-state index is 10.0. The average Bonchev–Trinajstić information content (AvgIpc) is 2.70. The first-order valence-corrected chi connectivity index (χ1v) is 10.1. The summed E-state index contributed by atoms with van der Waals surface area (Å²) in [5.74, 6) is 0.622. The molecule has 0 aromatic heterocycles. The summed E-state index contributed by atoms with van der Waals surface area (Å²) in [6.45, 7) is 9.31. The number of hydrogen-bond acceptors (Lipinski definition) is 2. The van der Waals surface area contributed by atoms with Gasteiger partial charge in [0, 0.05) is 12.0 Å². The van der Waals surface area contributed by atoms with Crippen molar-refractivity contribution in [2.45, 2.75) is 51.4 Å². The molecule has 0 spiro atoms. The molecule has 27 heavy (non-hydrogen) atoms. The smallest absolute Gasteiger partial charge is 0.115 e. The summed E-state index contributed by atoms with van der Waals surface area (Å²) in [6, 6.07) is 18.2. The zero-order valence-electron chi connectivity index (χ0n) is 16.8. The van der Waals surface area contributed by atoms with Gasteiger partial charge in [0.15, 0.2) is 0 Å². The number of aromatic hydroxyl groups is 1. The highest BCUT2D eigenvalue weighted by atomic mass is 16.3. The van der Waals surface area contributed by atoms with E-state index >= 15 is 0 Å². The fourth-order valence-electron chi connectivity index (χ4n) is 3.73. The SMILES string of the molecule is C=CC(C)[C@](CC=NCCc1ccccc1)(CCCC)c1cccc(O)c1.